The van der Waals surface area contributed by atoms with Gasteiger partial charge in [-0.25, -0.2) is 10.0 Å². The fraction of sp³-hybridized carbons (Fsp3) is 0.545. The van der Waals surface area contributed by atoms with E-state index in [1.54, 1.807) is 0 Å². The monoisotopic (exact) mass is 197 g/mol. The van der Waals surface area contributed by atoms with Gasteiger partial charge in [-0.2, -0.15) is 0 Å². The van der Waals surface area contributed by atoms with Gasteiger partial charge in [0, 0.05) is 12.4 Å². The average Bonchev–Trinajstić information content (AvgIpc) is 2.23. The second-order valence-corrected chi connectivity index (χ2v) is 7.39. The fourth-order valence-corrected chi connectivity index (χ4v) is 4.66. The van der Waals surface area contributed by atoms with E-state index in [-0.39, 0.29) is 0 Å². The molecule has 0 amide bonds. The maximum atomic E-state index is 4.08. The molecule has 1 aromatic heterocycles. The summed E-state index contributed by atoms with van der Waals surface area (Å²) in [5, 5.41) is 0. The molecule has 0 aliphatic rings. The molecule has 13 heavy (non-hydrogen) atoms. The summed E-state index contributed by atoms with van der Waals surface area (Å²) in [6, 6.07) is 4.37. The summed E-state index contributed by atoms with van der Waals surface area (Å²) in [4.78, 5) is 5.60. The van der Waals surface area contributed by atoms with Gasteiger partial charge in [0.1, 0.15) is 0 Å². The highest BCUT2D eigenvalue weighted by Gasteiger charge is 2.19. The molecule has 0 unspecified atom stereocenters. The van der Waals surface area contributed by atoms with Crippen LogP contribution >= 0.6 is 10.0 Å². The van der Waals surface area contributed by atoms with Crippen molar-refractivity contribution in [2.45, 2.75) is 25.7 Å². The summed E-state index contributed by atoms with van der Waals surface area (Å²) in [7, 11) is -0.529. The van der Waals surface area contributed by atoms with Gasteiger partial charge in [0.25, 0.3) is 0 Å². The largest absolute Gasteiger partial charge is 0.265 e. The second-order valence-electron chi connectivity index (χ2n) is 3.09. The highest BCUT2D eigenvalue weighted by atomic mass is 32.3. The zero-order valence-electron chi connectivity index (χ0n) is 8.79. The van der Waals surface area contributed by atoms with Crippen molar-refractivity contribution >= 4 is 10.0 Å². The molecule has 0 radical (unpaired) electrons. The quantitative estimate of drug-likeness (QED) is 0.721. The van der Waals surface area contributed by atoms with E-state index in [1.165, 1.54) is 22.2 Å². The molecular formula is C11H19NS. The molecule has 0 aliphatic heterocycles. The molecule has 0 spiro atoms. The molecular weight excluding hydrogens is 178 g/mol. The van der Waals surface area contributed by atoms with Gasteiger partial charge < -0.3 is 0 Å². The average molecular weight is 197 g/mol. The molecule has 0 N–H and O–H groups in total. The SMILES string of the molecule is CCS(CC)(CC)c1ccncc1. The van der Waals surface area contributed by atoms with Crippen molar-refractivity contribution in [1.82, 2.24) is 4.98 Å². The highest BCUT2D eigenvalue weighted by Crippen LogP contribution is 2.54. The van der Waals surface area contributed by atoms with E-state index in [0.717, 1.165) is 0 Å². The van der Waals surface area contributed by atoms with Crippen LogP contribution in [0, 0.1) is 0 Å². The van der Waals surface area contributed by atoms with E-state index in [9.17, 15) is 0 Å². The topological polar surface area (TPSA) is 12.9 Å². The summed E-state index contributed by atoms with van der Waals surface area (Å²) in [5.41, 5.74) is 0. The molecule has 1 nitrogen and oxygen atoms in total. The van der Waals surface area contributed by atoms with Crippen molar-refractivity contribution in [3.63, 3.8) is 0 Å². The van der Waals surface area contributed by atoms with Crippen molar-refractivity contribution in [2.24, 2.45) is 0 Å². The third-order valence-corrected chi connectivity index (χ3v) is 7.40. The number of pyridine rings is 1. The summed E-state index contributed by atoms with van der Waals surface area (Å²) >= 11 is 0. The Balaban J connectivity index is 3.01. The first-order valence-electron chi connectivity index (χ1n) is 4.95. The standard InChI is InChI=1S/C11H19NS/c1-4-13(5-2,6-3)11-7-9-12-10-8-11/h7-10H,4-6H2,1-3H3. The molecule has 0 fully saturated rings. The lowest BCUT2D eigenvalue weighted by atomic mass is 10.5. The van der Waals surface area contributed by atoms with Gasteiger partial charge in [0.2, 0.25) is 0 Å². The van der Waals surface area contributed by atoms with Crippen LogP contribution in [0.4, 0.5) is 0 Å². The van der Waals surface area contributed by atoms with Gasteiger partial charge in [0.15, 0.2) is 0 Å². The predicted molar refractivity (Wildman–Crippen MR) is 61.7 cm³/mol. The minimum absolute atomic E-state index is 0.529. The summed E-state index contributed by atoms with van der Waals surface area (Å²) < 4.78 is 0. The second kappa shape index (κ2) is 4.66. The van der Waals surface area contributed by atoms with Crippen LogP contribution in [0.25, 0.3) is 0 Å². The van der Waals surface area contributed by atoms with Crippen molar-refractivity contribution in [3.05, 3.63) is 24.5 Å². The lowest BCUT2D eigenvalue weighted by molar-refractivity contribution is 1.22. The summed E-state index contributed by atoms with van der Waals surface area (Å²) in [6.45, 7) is 6.92. The molecule has 0 aromatic carbocycles. The minimum atomic E-state index is -0.529. The maximum Gasteiger partial charge on any atom is 0.0278 e. The Labute approximate surface area is 82.9 Å². The van der Waals surface area contributed by atoms with Crippen molar-refractivity contribution in [2.75, 3.05) is 17.3 Å². The lowest BCUT2D eigenvalue weighted by Crippen LogP contribution is -2.09. The summed E-state index contributed by atoms with van der Waals surface area (Å²) in [6.07, 6.45) is 3.83. The molecule has 1 heterocycles. The molecule has 0 bridgehead atoms. The van der Waals surface area contributed by atoms with E-state index < -0.39 is 10.0 Å². The Bertz CT molecular complexity index is 233. The molecule has 0 saturated heterocycles. The van der Waals surface area contributed by atoms with Crippen LogP contribution in [0.1, 0.15) is 20.8 Å². The first-order valence-corrected chi connectivity index (χ1v) is 7.09. The number of rotatable bonds is 4. The van der Waals surface area contributed by atoms with Crippen LogP contribution in [0.15, 0.2) is 29.4 Å². The molecule has 2 heteroatoms. The van der Waals surface area contributed by atoms with Gasteiger partial charge in [-0.1, -0.05) is 20.8 Å². The van der Waals surface area contributed by atoms with E-state index in [4.69, 9.17) is 0 Å². The number of nitrogens with zero attached hydrogens (tertiary/aromatic N) is 1. The maximum absolute atomic E-state index is 4.08. The van der Waals surface area contributed by atoms with E-state index in [0.29, 0.717) is 0 Å². The number of aromatic nitrogens is 1. The zero-order valence-corrected chi connectivity index (χ0v) is 9.60. The van der Waals surface area contributed by atoms with Crippen LogP contribution in [-0.2, 0) is 0 Å². The van der Waals surface area contributed by atoms with Crippen molar-refractivity contribution < 1.29 is 0 Å². The number of hydrogen-bond acceptors (Lipinski definition) is 1. The van der Waals surface area contributed by atoms with Crippen molar-refractivity contribution in [1.29, 1.82) is 0 Å². The molecule has 1 aromatic rings. The molecule has 1 rings (SSSR count). The first kappa shape index (κ1) is 10.6. The third kappa shape index (κ3) is 2.05. The van der Waals surface area contributed by atoms with E-state index >= 15 is 0 Å². The Morgan fingerprint density at radius 3 is 1.85 bits per heavy atom. The summed E-state index contributed by atoms with van der Waals surface area (Å²) in [5.74, 6) is 3.89. The highest BCUT2D eigenvalue weighted by molar-refractivity contribution is 8.33. The predicted octanol–water partition coefficient (Wildman–Crippen LogP) is 3.30. The Hall–Kier alpha value is -0.500. The van der Waals surface area contributed by atoms with Gasteiger partial charge in [-0.3, -0.25) is 4.98 Å². The normalized spacial score (nSPS) is 12.8. The Kier molecular flexibility index (Phi) is 3.79. The molecule has 0 aliphatic carbocycles. The molecule has 0 atom stereocenters. The van der Waals surface area contributed by atoms with Crippen LogP contribution in [-0.4, -0.2) is 22.2 Å². The first-order chi connectivity index (χ1) is 6.29. The van der Waals surface area contributed by atoms with Crippen LogP contribution in [0.5, 0.6) is 0 Å². The van der Waals surface area contributed by atoms with Gasteiger partial charge in [0.05, 0.1) is 0 Å². The van der Waals surface area contributed by atoms with Crippen LogP contribution < -0.4 is 0 Å². The van der Waals surface area contributed by atoms with E-state index in [2.05, 4.69) is 37.9 Å². The smallest absolute Gasteiger partial charge is 0.0278 e. The van der Waals surface area contributed by atoms with E-state index in [1.807, 2.05) is 12.4 Å². The minimum Gasteiger partial charge on any atom is -0.265 e. The van der Waals surface area contributed by atoms with Crippen LogP contribution in [0.3, 0.4) is 0 Å². The fourth-order valence-electron chi connectivity index (χ4n) is 1.74. The molecule has 74 valence electrons. The van der Waals surface area contributed by atoms with Gasteiger partial charge in [-0.05, 0) is 34.3 Å². The van der Waals surface area contributed by atoms with Gasteiger partial charge >= 0.3 is 0 Å². The molecule has 0 saturated carbocycles. The lowest BCUT2D eigenvalue weighted by Gasteiger charge is -2.37. The van der Waals surface area contributed by atoms with Crippen molar-refractivity contribution in [3.8, 4) is 0 Å². The zero-order chi connectivity index (χ0) is 9.73. The van der Waals surface area contributed by atoms with Crippen LogP contribution in [0.2, 0.25) is 0 Å². The Morgan fingerprint density at radius 1 is 1.00 bits per heavy atom. The third-order valence-electron chi connectivity index (χ3n) is 2.81. The van der Waals surface area contributed by atoms with Gasteiger partial charge in [-0.15, -0.1) is 0 Å². The number of hydrogen-bond donors (Lipinski definition) is 0. The Morgan fingerprint density at radius 2 is 1.46 bits per heavy atom.